The Morgan fingerprint density at radius 2 is 2.24 bits per heavy atom. The normalized spacial score (nSPS) is 13.0. The molecule has 0 bridgehead atoms. The van der Waals surface area contributed by atoms with E-state index in [1.807, 2.05) is 18.5 Å². The summed E-state index contributed by atoms with van der Waals surface area (Å²) in [4.78, 5) is 4.65. The van der Waals surface area contributed by atoms with Crippen LogP contribution in [-0.4, -0.2) is 47.5 Å². The Balaban J connectivity index is 1.93. The Hall–Kier alpha value is -1.93. The average Bonchev–Trinajstić information content (AvgIpc) is 3.25. The second-order valence-electron chi connectivity index (χ2n) is 6.00. The molecule has 1 unspecified atom stereocenters. The molecule has 0 spiro atoms. The number of aliphatic imine (C=N–C) groups is 1. The van der Waals surface area contributed by atoms with Crippen molar-refractivity contribution in [2.45, 2.75) is 32.7 Å². The van der Waals surface area contributed by atoms with Crippen LogP contribution in [0.2, 0.25) is 0 Å². The summed E-state index contributed by atoms with van der Waals surface area (Å²) in [6.07, 6.45) is 0.931. The molecule has 2 N–H and O–H groups in total. The van der Waals surface area contributed by atoms with Gasteiger partial charge in [-0.3, -0.25) is 0 Å². The molecule has 0 saturated heterocycles. The molecule has 8 heteroatoms. The van der Waals surface area contributed by atoms with Gasteiger partial charge in [-0.1, -0.05) is 6.92 Å². The highest BCUT2D eigenvalue weighted by Crippen LogP contribution is 2.16. The van der Waals surface area contributed by atoms with Crippen LogP contribution >= 0.6 is 11.3 Å². The predicted octanol–water partition coefficient (Wildman–Crippen LogP) is 2.06. The molecule has 1 atom stereocenters. The summed E-state index contributed by atoms with van der Waals surface area (Å²) in [5, 5.41) is 19.3. The minimum atomic E-state index is 0.425. The lowest BCUT2D eigenvalue weighted by molar-refractivity contribution is 0.195. The minimum absolute atomic E-state index is 0.425. The molecule has 0 amide bonds. The highest BCUT2D eigenvalue weighted by atomic mass is 32.1. The largest absolute Gasteiger partial charge is 0.385 e. The molecular formula is C17H28N6OS. The van der Waals surface area contributed by atoms with Gasteiger partial charge in [0.1, 0.15) is 12.4 Å². The van der Waals surface area contributed by atoms with Gasteiger partial charge >= 0.3 is 0 Å². The third-order valence-electron chi connectivity index (χ3n) is 4.07. The number of hydrogen-bond donors (Lipinski definition) is 2. The molecule has 2 rings (SSSR count). The lowest BCUT2D eigenvalue weighted by atomic mass is 10.1. The lowest BCUT2D eigenvalue weighted by Gasteiger charge is -2.16. The number of thiophene rings is 1. The van der Waals surface area contributed by atoms with Crippen LogP contribution in [-0.2, 0) is 18.3 Å². The fourth-order valence-corrected chi connectivity index (χ4v) is 3.04. The van der Waals surface area contributed by atoms with Crippen molar-refractivity contribution in [2.75, 3.05) is 26.8 Å². The predicted molar refractivity (Wildman–Crippen MR) is 102 cm³/mol. The van der Waals surface area contributed by atoms with Gasteiger partial charge in [-0.2, -0.15) is 11.3 Å². The first-order chi connectivity index (χ1) is 12.1. The van der Waals surface area contributed by atoms with Gasteiger partial charge in [-0.05, 0) is 41.7 Å². The van der Waals surface area contributed by atoms with Crippen LogP contribution in [0.3, 0.4) is 0 Å². The van der Waals surface area contributed by atoms with Gasteiger partial charge in [-0.25, -0.2) is 4.99 Å². The van der Waals surface area contributed by atoms with Gasteiger partial charge in [0.05, 0.1) is 0 Å². The van der Waals surface area contributed by atoms with Crippen LogP contribution in [0.15, 0.2) is 21.8 Å². The first-order valence-electron chi connectivity index (χ1n) is 8.50. The van der Waals surface area contributed by atoms with Gasteiger partial charge in [0.15, 0.2) is 11.8 Å². The summed E-state index contributed by atoms with van der Waals surface area (Å²) in [7, 11) is 3.67. The van der Waals surface area contributed by atoms with E-state index in [1.54, 1.807) is 18.4 Å². The summed E-state index contributed by atoms with van der Waals surface area (Å²) in [6, 6.07) is 2.17. The summed E-state index contributed by atoms with van der Waals surface area (Å²) >= 11 is 1.73. The van der Waals surface area contributed by atoms with Crippen molar-refractivity contribution in [1.82, 2.24) is 25.4 Å². The van der Waals surface area contributed by atoms with E-state index in [4.69, 9.17) is 4.74 Å². The molecule has 7 nitrogen and oxygen atoms in total. The number of nitrogens with one attached hydrogen (secondary N) is 2. The van der Waals surface area contributed by atoms with Gasteiger partial charge < -0.3 is 19.9 Å². The van der Waals surface area contributed by atoms with Crippen molar-refractivity contribution < 1.29 is 4.74 Å². The van der Waals surface area contributed by atoms with Crippen LogP contribution in [0, 0.1) is 6.92 Å². The third kappa shape index (κ3) is 6.13. The minimum Gasteiger partial charge on any atom is -0.385 e. The molecule has 0 aliphatic rings. The maximum Gasteiger partial charge on any atom is 0.191 e. The summed E-state index contributed by atoms with van der Waals surface area (Å²) < 4.78 is 7.06. The van der Waals surface area contributed by atoms with Crippen LogP contribution in [0.4, 0.5) is 0 Å². The number of aromatic nitrogens is 3. The van der Waals surface area contributed by atoms with E-state index in [1.165, 1.54) is 5.56 Å². The van der Waals surface area contributed by atoms with Crippen LogP contribution in [0.5, 0.6) is 0 Å². The number of hydrogen-bond acceptors (Lipinski definition) is 5. The standard InChI is InChI=1S/C17H28N6OS/c1-13(15-6-9-25-12-15)10-19-17(18-7-5-8-24-4)20-11-16-22-21-14(2)23(16)3/h6,9,12-13H,5,7-8,10-11H2,1-4H3,(H2,18,19,20). The molecule has 138 valence electrons. The summed E-state index contributed by atoms with van der Waals surface area (Å²) in [5.41, 5.74) is 1.35. The molecule has 2 aromatic heterocycles. The zero-order chi connectivity index (χ0) is 18.1. The lowest BCUT2D eigenvalue weighted by Crippen LogP contribution is -2.40. The van der Waals surface area contributed by atoms with Crippen LogP contribution < -0.4 is 10.6 Å². The number of ether oxygens (including phenoxy) is 1. The molecule has 0 saturated carbocycles. The van der Waals surface area contributed by atoms with Crippen molar-refractivity contribution in [3.8, 4) is 0 Å². The Kier molecular flexibility index (Phi) is 7.87. The molecule has 2 aromatic rings. The SMILES string of the molecule is COCCCNC(=NCc1nnc(C)n1C)NCC(C)c1ccsc1. The average molecular weight is 365 g/mol. The topological polar surface area (TPSA) is 76.4 Å². The smallest absolute Gasteiger partial charge is 0.191 e. The Morgan fingerprint density at radius 3 is 2.88 bits per heavy atom. The van der Waals surface area contributed by atoms with Gasteiger partial charge in [0, 0.05) is 33.9 Å². The van der Waals surface area contributed by atoms with Crippen molar-refractivity contribution >= 4 is 17.3 Å². The molecule has 0 aliphatic carbocycles. The zero-order valence-corrected chi connectivity index (χ0v) is 16.3. The maximum absolute atomic E-state index is 5.10. The summed E-state index contributed by atoms with van der Waals surface area (Å²) in [5.74, 6) is 2.95. The molecule has 0 aliphatic heterocycles. The third-order valence-corrected chi connectivity index (χ3v) is 4.77. The van der Waals surface area contributed by atoms with Crippen molar-refractivity contribution in [2.24, 2.45) is 12.0 Å². The van der Waals surface area contributed by atoms with Crippen molar-refractivity contribution in [3.05, 3.63) is 34.0 Å². The molecular weight excluding hydrogens is 336 g/mol. The van der Waals surface area contributed by atoms with E-state index in [0.29, 0.717) is 12.5 Å². The number of aryl methyl sites for hydroxylation is 1. The number of rotatable bonds is 9. The Labute approximate surface area is 153 Å². The molecule has 2 heterocycles. The quantitative estimate of drug-likeness (QED) is 0.405. The van der Waals surface area contributed by atoms with E-state index in [-0.39, 0.29) is 0 Å². The molecule has 0 aromatic carbocycles. The van der Waals surface area contributed by atoms with Crippen molar-refractivity contribution in [3.63, 3.8) is 0 Å². The number of nitrogens with zero attached hydrogens (tertiary/aromatic N) is 4. The molecule has 25 heavy (non-hydrogen) atoms. The van der Waals surface area contributed by atoms with Gasteiger partial charge in [0.2, 0.25) is 0 Å². The fraction of sp³-hybridized carbons (Fsp3) is 0.588. The van der Waals surface area contributed by atoms with E-state index in [2.05, 4.69) is 49.6 Å². The Morgan fingerprint density at radius 1 is 1.40 bits per heavy atom. The van der Waals surface area contributed by atoms with E-state index < -0.39 is 0 Å². The maximum atomic E-state index is 5.10. The second-order valence-corrected chi connectivity index (χ2v) is 6.78. The number of methoxy groups -OCH3 is 1. The first-order valence-corrected chi connectivity index (χ1v) is 9.44. The van der Waals surface area contributed by atoms with Crippen LogP contribution in [0.25, 0.3) is 0 Å². The monoisotopic (exact) mass is 364 g/mol. The first kappa shape index (κ1) is 19.4. The highest BCUT2D eigenvalue weighted by Gasteiger charge is 2.08. The van der Waals surface area contributed by atoms with Crippen LogP contribution in [0.1, 0.15) is 36.5 Å². The second kappa shape index (κ2) is 10.1. The van der Waals surface area contributed by atoms with E-state index in [0.717, 1.165) is 43.7 Å². The van der Waals surface area contributed by atoms with Crippen molar-refractivity contribution in [1.29, 1.82) is 0 Å². The molecule has 0 radical (unpaired) electrons. The fourth-order valence-electron chi connectivity index (χ4n) is 2.26. The molecule has 0 fully saturated rings. The highest BCUT2D eigenvalue weighted by molar-refractivity contribution is 7.07. The van der Waals surface area contributed by atoms with E-state index >= 15 is 0 Å². The Bertz CT molecular complexity index is 652. The zero-order valence-electron chi connectivity index (χ0n) is 15.5. The summed E-state index contributed by atoms with van der Waals surface area (Å²) in [6.45, 7) is 7.00. The number of guanidine groups is 1. The van der Waals surface area contributed by atoms with Gasteiger partial charge in [0.25, 0.3) is 0 Å². The van der Waals surface area contributed by atoms with E-state index in [9.17, 15) is 0 Å². The van der Waals surface area contributed by atoms with Gasteiger partial charge in [-0.15, -0.1) is 10.2 Å².